The van der Waals surface area contributed by atoms with Crippen LogP contribution in [0.15, 0.2) is 24.4 Å². The van der Waals surface area contributed by atoms with Crippen LogP contribution < -0.4 is 9.80 Å². The SMILES string of the molecule is Cc1cnc(C)c(N2CCN(c3ccc(C#N)cc3F)CC2)n1. The lowest BCUT2D eigenvalue weighted by Crippen LogP contribution is -2.47. The van der Waals surface area contributed by atoms with Gasteiger partial charge in [-0.3, -0.25) is 4.98 Å². The second kappa shape index (κ2) is 6.21. The van der Waals surface area contributed by atoms with Crippen molar-refractivity contribution < 1.29 is 4.39 Å². The van der Waals surface area contributed by atoms with Crippen LogP contribution in [0.2, 0.25) is 0 Å². The number of nitrogens with zero attached hydrogens (tertiary/aromatic N) is 5. The van der Waals surface area contributed by atoms with Gasteiger partial charge in [-0.05, 0) is 32.0 Å². The molecular weight excluding hydrogens is 293 g/mol. The molecule has 3 rings (SSSR count). The Bertz CT molecular complexity index is 760. The molecule has 2 heterocycles. The Hall–Kier alpha value is -2.68. The zero-order chi connectivity index (χ0) is 16.4. The van der Waals surface area contributed by atoms with Gasteiger partial charge in [0, 0.05) is 32.4 Å². The third kappa shape index (κ3) is 3.09. The number of nitriles is 1. The molecule has 5 nitrogen and oxygen atoms in total. The highest BCUT2D eigenvalue weighted by atomic mass is 19.1. The van der Waals surface area contributed by atoms with E-state index in [0.29, 0.717) is 24.3 Å². The zero-order valence-electron chi connectivity index (χ0n) is 13.3. The van der Waals surface area contributed by atoms with E-state index in [2.05, 4.69) is 14.9 Å². The van der Waals surface area contributed by atoms with Crippen LogP contribution >= 0.6 is 0 Å². The monoisotopic (exact) mass is 311 g/mol. The molecular formula is C17H18FN5. The summed E-state index contributed by atoms with van der Waals surface area (Å²) in [5.41, 5.74) is 2.70. The van der Waals surface area contributed by atoms with Crippen molar-refractivity contribution in [1.29, 1.82) is 5.26 Å². The van der Waals surface area contributed by atoms with E-state index >= 15 is 0 Å². The molecule has 0 saturated carbocycles. The van der Waals surface area contributed by atoms with Gasteiger partial charge in [-0.15, -0.1) is 0 Å². The van der Waals surface area contributed by atoms with Crippen molar-refractivity contribution in [3.05, 3.63) is 47.2 Å². The smallest absolute Gasteiger partial charge is 0.150 e. The predicted molar refractivity (Wildman–Crippen MR) is 87.0 cm³/mol. The first-order valence-electron chi connectivity index (χ1n) is 7.58. The number of aromatic nitrogens is 2. The lowest BCUT2D eigenvalue weighted by molar-refractivity contribution is 0.595. The average Bonchev–Trinajstić information content (AvgIpc) is 2.57. The van der Waals surface area contributed by atoms with Crippen LogP contribution in [0, 0.1) is 31.0 Å². The Morgan fingerprint density at radius 1 is 1.13 bits per heavy atom. The first kappa shape index (κ1) is 15.2. The lowest BCUT2D eigenvalue weighted by atomic mass is 10.2. The summed E-state index contributed by atoms with van der Waals surface area (Å²) in [5, 5.41) is 8.82. The van der Waals surface area contributed by atoms with E-state index in [9.17, 15) is 4.39 Å². The van der Waals surface area contributed by atoms with Gasteiger partial charge < -0.3 is 9.80 Å². The van der Waals surface area contributed by atoms with Crippen LogP contribution in [0.1, 0.15) is 17.0 Å². The highest BCUT2D eigenvalue weighted by Gasteiger charge is 2.22. The highest BCUT2D eigenvalue weighted by molar-refractivity contribution is 5.53. The molecule has 1 aromatic heterocycles. The van der Waals surface area contributed by atoms with Gasteiger partial charge >= 0.3 is 0 Å². The van der Waals surface area contributed by atoms with Gasteiger partial charge in [-0.1, -0.05) is 0 Å². The molecule has 1 aromatic carbocycles. The molecule has 1 aliphatic heterocycles. The summed E-state index contributed by atoms with van der Waals surface area (Å²) in [4.78, 5) is 13.1. The molecule has 0 aliphatic carbocycles. The molecule has 1 saturated heterocycles. The average molecular weight is 311 g/mol. The molecule has 0 bridgehead atoms. The van der Waals surface area contributed by atoms with Gasteiger partial charge in [0.15, 0.2) is 0 Å². The van der Waals surface area contributed by atoms with Crippen molar-refractivity contribution in [2.24, 2.45) is 0 Å². The van der Waals surface area contributed by atoms with E-state index in [1.807, 2.05) is 24.8 Å². The third-order valence-electron chi connectivity index (χ3n) is 4.05. The standard InChI is InChI=1S/C17H18FN5/c1-12-11-20-13(2)17(21-12)23-7-5-22(6-8-23)16-4-3-14(10-19)9-15(16)18/h3-4,9,11H,5-8H2,1-2H3. The van der Waals surface area contributed by atoms with Crippen molar-refractivity contribution in [2.45, 2.75) is 13.8 Å². The third-order valence-corrected chi connectivity index (χ3v) is 4.05. The quantitative estimate of drug-likeness (QED) is 0.852. The molecule has 118 valence electrons. The summed E-state index contributed by atoms with van der Waals surface area (Å²) in [6.45, 7) is 6.82. The van der Waals surface area contributed by atoms with Crippen molar-refractivity contribution in [3.8, 4) is 6.07 Å². The molecule has 1 fully saturated rings. The van der Waals surface area contributed by atoms with Gasteiger partial charge in [0.05, 0.1) is 28.7 Å². The number of anilines is 2. The Balaban J connectivity index is 1.74. The fourth-order valence-electron chi connectivity index (χ4n) is 2.82. The van der Waals surface area contributed by atoms with Gasteiger partial charge in [-0.2, -0.15) is 5.26 Å². The molecule has 0 amide bonds. The Morgan fingerprint density at radius 3 is 2.48 bits per heavy atom. The fraction of sp³-hybridized carbons (Fsp3) is 0.353. The van der Waals surface area contributed by atoms with E-state index < -0.39 is 0 Å². The van der Waals surface area contributed by atoms with Crippen LogP contribution in [-0.4, -0.2) is 36.1 Å². The van der Waals surface area contributed by atoms with E-state index in [1.165, 1.54) is 6.07 Å². The first-order chi connectivity index (χ1) is 11.1. The second-order valence-corrected chi connectivity index (χ2v) is 5.67. The number of piperazine rings is 1. The summed E-state index contributed by atoms with van der Waals surface area (Å²) in [7, 11) is 0. The van der Waals surface area contributed by atoms with Gasteiger partial charge in [0.1, 0.15) is 11.6 Å². The molecule has 0 spiro atoms. The number of halogens is 1. The normalized spacial score (nSPS) is 14.7. The van der Waals surface area contributed by atoms with Crippen LogP contribution in [0.5, 0.6) is 0 Å². The Labute approximate surface area is 135 Å². The minimum atomic E-state index is -0.343. The Kier molecular flexibility index (Phi) is 4.11. The number of aryl methyl sites for hydroxylation is 2. The molecule has 0 atom stereocenters. The predicted octanol–water partition coefficient (Wildman–Crippen LogP) is 2.43. The molecule has 6 heteroatoms. The van der Waals surface area contributed by atoms with Gasteiger partial charge in [0.2, 0.25) is 0 Å². The summed E-state index contributed by atoms with van der Waals surface area (Å²) in [6, 6.07) is 6.58. The van der Waals surface area contributed by atoms with Crippen molar-refractivity contribution in [2.75, 3.05) is 36.0 Å². The highest BCUT2D eigenvalue weighted by Crippen LogP contribution is 2.24. The Morgan fingerprint density at radius 2 is 1.83 bits per heavy atom. The fourth-order valence-corrected chi connectivity index (χ4v) is 2.82. The molecule has 2 aromatic rings. The summed E-state index contributed by atoms with van der Waals surface area (Å²) in [6.07, 6.45) is 1.77. The zero-order valence-corrected chi connectivity index (χ0v) is 13.3. The maximum atomic E-state index is 14.1. The topological polar surface area (TPSA) is 56.1 Å². The van der Waals surface area contributed by atoms with Crippen molar-refractivity contribution in [1.82, 2.24) is 9.97 Å². The van der Waals surface area contributed by atoms with Crippen LogP contribution in [0.25, 0.3) is 0 Å². The van der Waals surface area contributed by atoms with Crippen molar-refractivity contribution in [3.63, 3.8) is 0 Å². The van der Waals surface area contributed by atoms with E-state index in [0.717, 1.165) is 30.3 Å². The van der Waals surface area contributed by atoms with Gasteiger partial charge in [0.25, 0.3) is 0 Å². The molecule has 1 aliphatic rings. The summed E-state index contributed by atoms with van der Waals surface area (Å²) >= 11 is 0. The van der Waals surface area contributed by atoms with E-state index in [1.54, 1.807) is 18.3 Å². The van der Waals surface area contributed by atoms with E-state index in [4.69, 9.17) is 5.26 Å². The van der Waals surface area contributed by atoms with Crippen LogP contribution in [0.3, 0.4) is 0 Å². The largest absolute Gasteiger partial charge is 0.366 e. The minimum Gasteiger partial charge on any atom is -0.366 e. The van der Waals surface area contributed by atoms with Gasteiger partial charge in [-0.25, -0.2) is 9.37 Å². The maximum absolute atomic E-state index is 14.1. The first-order valence-corrected chi connectivity index (χ1v) is 7.58. The van der Waals surface area contributed by atoms with Crippen LogP contribution in [-0.2, 0) is 0 Å². The summed E-state index contributed by atoms with van der Waals surface area (Å²) in [5.74, 6) is 0.564. The molecule has 0 radical (unpaired) electrons. The second-order valence-electron chi connectivity index (χ2n) is 5.67. The number of hydrogen-bond acceptors (Lipinski definition) is 5. The minimum absolute atomic E-state index is 0.343. The molecule has 23 heavy (non-hydrogen) atoms. The number of benzene rings is 1. The lowest BCUT2D eigenvalue weighted by Gasteiger charge is -2.37. The van der Waals surface area contributed by atoms with Crippen molar-refractivity contribution >= 4 is 11.5 Å². The molecule has 0 N–H and O–H groups in total. The molecule has 0 unspecified atom stereocenters. The number of rotatable bonds is 2. The maximum Gasteiger partial charge on any atom is 0.150 e. The van der Waals surface area contributed by atoms with Crippen LogP contribution in [0.4, 0.5) is 15.9 Å². The van der Waals surface area contributed by atoms with E-state index in [-0.39, 0.29) is 5.82 Å². The number of hydrogen-bond donors (Lipinski definition) is 0. The summed E-state index contributed by atoms with van der Waals surface area (Å²) < 4.78 is 14.1.